The highest BCUT2D eigenvalue weighted by atomic mass is 79.9. The van der Waals surface area contributed by atoms with Gasteiger partial charge >= 0.3 is 0 Å². The van der Waals surface area contributed by atoms with E-state index in [2.05, 4.69) is 21.2 Å². The van der Waals surface area contributed by atoms with E-state index in [0.717, 1.165) is 12.8 Å². The van der Waals surface area contributed by atoms with E-state index in [1.807, 2.05) is 6.92 Å². The maximum atomic E-state index is 13.0. The zero-order valence-electron chi connectivity index (χ0n) is 8.97. The molecule has 1 aliphatic rings. The number of hydrogen-bond donors (Lipinski definition) is 1. The van der Waals surface area contributed by atoms with E-state index in [9.17, 15) is 9.18 Å². The van der Waals surface area contributed by atoms with Gasteiger partial charge in [-0.25, -0.2) is 4.39 Å². The van der Waals surface area contributed by atoms with E-state index in [1.54, 1.807) is 6.07 Å². The summed E-state index contributed by atoms with van der Waals surface area (Å²) < 4.78 is 13.7. The molecule has 1 fully saturated rings. The van der Waals surface area contributed by atoms with E-state index in [-0.39, 0.29) is 17.6 Å². The third-order valence-corrected chi connectivity index (χ3v) is 3.62. The van der Waals surface area contributed by atoms with E-state index in [4.69, 9.17) is 0 Å². The average molecular weight is 286 g/mol. The van der Waals surface area contributed by atoms with Crippen molar-refractivity contribution in [3.05, 3.63) is 28.5 Å². The predicted octanol–water partition coefficient (Wildman–Crippen LogP) is 3.57. The van der Waals surface area contributed by atoms with Crippen molar-refractivity contribution in [2.45, 2.75) is 19.8 Å². The molecule has 0 aromatic heterocycles. The van der Waals surface area contributed by atoms with Crippen LogP contribution in [0.4, 0.5) is 10.1 Å². The largest absolute Gasteiger partial charge is 0.325 e. The first-order valence-corrected chi connectivity index (χ1v) is 6.13. The lowest BCUT2D eigenvalue weighted by molar-refractivity contribution is -0.119. The highest BCUT2D eigenvalue weighted by molar-refractivity contribution is 9.10. The number of benzene rings is 1. The van der Waals surface area contributed by atoms with Crippen LogP contribution >= 0.6 is 15.9 Å². The van der Waals surface area contributed by atoms with Crippen molar-refractivity contribution < 1.29 is 9.18 Å². The molecule has 1 aromatic rings. The molecule has 0 bridgehead atoms. The third-order valence-electron chi connectivity index (χ3n) is 2.93. The van der Waals surface area contributed by atoms with Crippen molar-refractivity contribution in [2.24, 2.45) is 11.8 Å². The minimum atomic E-state index is -0.349. The van der Waals surface area contributed by atoms with Crippen molar-refractivity contribution in [1.29, 1.82) is 0 Å². The van der Waals surface area contributed by atoms with E-state index in [1.165, 1.54) is 12.1 Å². The van der Waals surface area contributed by atoms with Crippen LogP contribution in [0.1, 0.15) is 19.8 Å². The second kappa shape index (κ2) is 4.53. The number of anilines is 1. The lowest BCUT2D eigenvalue weighted by Crippen LogP contribution is -2.22. The van der Waals surface area contributed by atoms with Gasteiger partial charge in [0.15, 0.2) is 0 Å². The van der Waals surface area contributed by atoms with Crippen LogP contribution in [0.25, 0.3) is 0 Å². The Labute approximate surface area is 102 Å². The molecular formula is C12H13BrFNO. The summed E-state index contributed by atoms with van der Waals surface area (Å²) in [5, 5.41) is 2.75. The van der Waals surface area contributed by atoms with Crippen LogP contribution in [0.3, 0.4) is 0 Å². The molecule has 0 saturated heterocycles. The quantitative estimate of drug-likeness (QED) is 0.904. The van der Waals surface area contributed by atoms with Gasteiger partial charge in [0.05, 0.1) is 5.69 Å². The van der Waals surface area contributed by atoms with E-state index >= 15 is 0 Å². The van der Waals surface area contributed by atoms with Gasteiger partial charge in [0.2, 0.25) is 5.91 Å². The van der Waals surface area contributed by atoms with Crippen LogP contribution in [0.15, 0.2) is 22.7 Å². The normalized spacial score (nSPS) is 16.9. The summed E-state index contributed by atoms with van der Waals surface area (Å²) in [6.45, 7) is 1.92. The van der Waals surface area contributed by atoms with Gasteiger partial charge in [-0.05, 0) is 52.9 Å². The Bertz CT molecular complexity index is 417. The lowest BCUT2D eigenvalue weighted by atomic mass is 10.1. The Morgan fingerprint density at radius 2 is 2.25 bits per heavy atom. The molecule has 0 radical (unpaired) electrons. The summed E-state index contributed by atoms with van der Waals surface area (Å²) in [5.74, 6) is 0.133. The Hall–Kier alpha value is -0.900. The SMILES string of the molecule is CC(C(=O)Nc1cc(F)ccc1Br)C1CC1. The molecule has 0 aliphatic heterocycles. The molecule has 86 valence electrons. The standard InChI is InChI=1S/C12H13BrFNO/c1-7(8-2-3-8)12(16)15-11-6-9(14)4-5-10(11)13/h4-8H,2-3H2,1H3,(H,15,16). The molecule has 0 heterocycles. The van der Waals surface area contributed by atoms with Gasteiger partial charge in [-0.3, -0.25) is 4.79 Å². The fourth-order valence-corrected chi connectivity index (χ4v) is 2.00. The summed E-state index contributed by atoms with van der Waals surface area (Å²) in [6.07, 6.45) is 2.25. The van der Waals surface area contributed by atoms with Gasteiger partial charge in [0.25, 0.3) is 0 Å². The maximum Gasteiger partial charge on any atom is 0.227 e. The molecule has 2 nitrogen and oxygen atoms in total. The molecule has 2 rings (SSSR count). The molecule has 1 N–H and O–H groups in total. The highest BCUT2D eigenvalue weighted by Crippen LogP contribution is 2.37. The van der Waals surface area contributed by atoms with E-state index < -0.39 is 0 Å². The molecular weight excluding hydrogens is 273 g/mol. The predicted molar refractivity (Wildman–Crippen MR) is 64.6 cm³/mol. The molecule has 1 aromatic carbocycles. The summed E-state index contributed by atoms with van der Waals surface area (Å²) in [5.41, 5.74) is 0.498. The molecule has 4 heteroatoms. The first-order valence-electron chi connectivity index (χ1n) is 5.34. The van der Waals surface area contributed by atoms with Crippen molar-refractivity contribution in [3.63, 3.8) is 0 Å². The zero-order chi connectivity index (χ0) is 11.7. The molecule has 1 unspecified atom stereocenters. The fraction of sp³-hybridized carbons (Fsp3) is 0.417. The van der Waals surface area contributed by atoms with Crippen LogP contribution in [-0.2, 0) is 4.79 Å². The van der Waals surface area contributed by atoms with Gasteiger partial charge in [-0.15, -0.1) is 0 Å². The van der Waals surface area contributed by atoms with Crippen LogP contribution in [0.5, 0.6) is 0 Å². The van der Waals surface area contributed by atoms with Crippen molar-refractivity contribution in [1.82, 2.24) is 0 Å². The number of hydrogen-bond acceptors (Lipinski definition) is 1. The van der Waals surface area contributed by atoms with Gasteiger partial charge in [0.1, 0.15) is 5.82 Å². The molecule has 1 aliphatic carbocycles. The smallest absolute Gasteiger partial charge is 0.227 e. The number of carbonyl (C=O) groups is 1. The minimum Gasteiger partial charge on any atom is -0.325 e. The summed E-state index contributed by atoms with van der Waals surface area (Å²) in [6, 6.07) is 4.26. The average Bonchev–Trinajstić information content (AvgIpc) is 3.06. The second-order valence-corrected chi connectivity index (χ2v) is 5.09. The van der Waals surface area contributed by atoms with Crippen LogP contribution < -0.4 is 5.32 Å². The molecule has 1 saturated carbocycles. The number of rotatable bonds is 3. The number of nitrogens with one attached hydrogen (secondary N) is 1. The van der Waals surface area contributed by atoms with Crippen molar-refractivity contribution in [3.8, 4) is 0 Å². The van der Waals surface area contributed by atoms with Crippen molar-refractivity contribution in [2.75, 3.05) is 5.32 Å². The van der Waals surface area contributed by atoms with Crippen LogP contribution in [0, 0.1) is 17.7 Å². The van der Waals surface area contributed by atoms with Crippen LogP contribution in [0.2, 0.25) is 0 Å². The van der Waals surface area contributed by atoms with Crippen LogP contribution in [-0.4, -0.2) is 5.91 Å². The topological polar surface area (TPSA) is 29.1 Å². The minimum absolute atomic E-state index is 0.00941. The molecule has 16 heavy (non-hydrogen) atoms. The van der Waals surface area contributed by atoms with Gasteiger partial charge in [-0.1, -0.05) is 6.92 Å². The number of amides is 1. The summed E-state index contributed by atoms with van der Waals surface area (Å²) in [4.78, 5) is 11.8. The number of halogens is 2. The maximum absolute atomic E-state index is 13.0. The Kier molecular flexibility index (Phi) is 3.28. The van der Waals surface area contributed by atoms with Gasteiger partial charge < -0.3 is 5.32 Å². The highest BCUT2D eigenvalue weighted by Gasteiger charge is 2.32. The molecule has 1 atom stereocenters. The number of carbonyl (C=O) groups excluding carboxylic acids is 1. The molecule has 0 spiro atoms. The summed E-state index contributed by atoms with van der Waals surface area (Å²) in [7, 11) is 0. The summed E-state index contributed by atoms with van der Waals surface area (Å²) >= 11 is 3.28. The Morgan fingerprint density at radius 1 is 1.56 bits per heavy atom. The first kappa shape index (κ1) is 11.6. The van der Waals surface area contributed by atoms with Crippen molar-refractivity contribution >= 4 is 27.5 Å². The fourth-order valence-electron chi connectivity index (χ4n) is 1.65. The zero-order valence-corrected chi connectivity index (χ0v) is 10.6. The Morgan fingerprint density at radius 3 is 2.88 bits per heavy atom. The van der Waals surface area contributed by atoms with Gasteiger partial charge in [0, 0.05) is 10.4 Å². The van der Waals surface area contributed by atoms with E-state index in [0.29, 0.717) is 16.1 Å². The third kappa shape index (κ3) is 2.61. The monoisotopic (exact) mass is 285 g/mol. The lowest BCUT2D eigenvalue weighted by Gasteiger charge is -2.12. The second-order valence-electron chi connectivity index (χ2n) is 4.24. The van der Waals surface area contributed by atoms with Gasteiger partial charge in [-0.2, -0.15) is 0 Å². The Balaban J connectivity index is 2.07. The first-order chi connectivity index (χ1) is 7.58. The molecule has 1 amide bonds.